The molecular formula is C17H17N3O2. The fraction of sp³-hybridized carbons (Fsp3) is 0.294. The van der Waals surface area contributed by atoms with E-state index in [0.717, 1.165) is 41.7 Å². The van der Waals surface area contributed by atoms with Gasteiger partial charge in [-0.25, -0.2) is 4.98 Å². The van der Waals surface area contributed by atoms with E-state index in [0.29, 0.717) is 6.42 Å². The van der Waals surface area contributed by atoms with Crippen LogP contribution in [0.5, 0.6) is 0 Å². The van der Waals surface area contributed by atoms with Crippen LogP contribution in [0.1, 0.15) is 30.2 Å². The van der Waals surface area contributed by atoms with Gasteiger partial charge < -0.3 is 14.3 Å². The van der Waals surface area contributed by atoms with E-state index in [1.807, 2.05) is 35.4 Å². The highest BCUT2D eigenvalue weighted by Crippen LogP contribution is 2.32. The molecule has 1 aliphatic heterocycles. The second-order valence-corrected chi connectivity index (χ2v) is 5.65. The average Bonchev–Trinajstić information content (AvgIpc) is 3.27. The van der Waals surface area contributed by atoms with Crippen molar-refractivity contribution in [3.63, 3.8) is 0 Å². The Morgan fingerprint density at radius 3 is 3.23 bits per heavy atom. The lowest BCUT2D eigenvalue weighted by Gasteiger charge is -2.23. The number of likely N-dealkylation sites (tertiary alicyclic amines) is 1. The minimum absolute atomic E-state index is 0.0748. The first-order valence-corrected chi connectivity index (χ1v) is 7.57. The van der Waals surface area contributed by atoms with Gasteiger partial charge in [0, 0.05) is 24.3 Å². The molecule has 4 rings (SSSR count). The van der Waals surface area contributed by atoms with Gasteiger partial charge in [0.05, 0.1) is 18.7 Å². The maximum atomic E-state index is 12.7. The molecule has 3 aromatic rings. The van der Waals surface area contributed by atoms with Crippen molar-refractivity contribution in [3.05, 3.63) is 54.2 Å². The number of nitrogens with zero attached hydrogens (tertiary/aromatic N) is 2. The number of pyridine rings is 1. The molecule has 1 fully saturated rings. The van der Waals surface area contributed by atoms with Crippen LogP contribution in [0.25, 0.3) is 11.0 Å². The first-order valence-electron chi connectivity index (χ1n) is 7.57. The molecule has 0 aromatic carbocycles. The van der Waals surface area contributed by atoms with Gasteiger partial charge in [-0.2, -0.15) is 0 Å². The second-order valence-electron chi connectivity index (χ2n) is 5.65. The molecule has 1 aliphatic rings. The Kier molecular flexibility index (Phi) is 3.18. The molecule has 3 aromatic heterocycles. The monoisotopic (exact) mass is 295 g/mol. The first-order chi connectivity index (χ1) is 10.8. The molecule has 4 heterocycles. The fourth-order valence-electron chi connectivity index (χ4n) is 3.27. The molecule has 22 heavy (non-hydrogen) atoms. The molecule has 112 valence electrons. The van der Waals surface area contributed by atoms with Crippen LogP contribution < -0.4 is 0 Å². The quantitative estimate of drug-likeness (QED) is 0.807. The summed E-state index contributed by atoms with van der Waals surface area (Å²) < 4.78 is 5.49. The van der Waals surface area contributed by atoms with Gasteiger partial charge in [-0.15, -0.1) is 0 Å². The van der Waals surface area contributed by atoms with Gasteiger partial charge in [0.1, 0.15) is 11.4 Å². The molecule has 0 radical (unpaired) electrons. The number of rotatable bonds is 3. The van der Waals surface area contributed by atoms with Crippen molar-refractivity contribution in [2.24, 2.45) is 0 Å². The Morgan fingerprint density at radius 2 is 2.36 bits per heavy atom. The van der Waals surface area contributed by atoms with Crippen molar-refractivity contribution in [2.75, 3.05) is 6.54 Å². The molecule has 5 heteroatoms. The highest BCUT2D eigenvalue weighted by molar-refractivity contribution is 5.87. The number of hydrogen-bond acceptors (Lipinski definition) is 3. The predicted molar refractivity (Wildman–Crippen MR) is 82.2 cm³/mol. The van der Waals surface area contributed by atoms with E-state index >= 15 is 0 Å². The maximum absolute atomic E-state index is 12.7. The Labute approximate surface area is 127 Å². The lowest BCUT2D eigenvalue weighted by atomic mass is 10.1. The molecule has 1 N–H and O–H groups in total. The van der Waals surface area contributed by atoms with Crippen molar-refractivity contribution in [2.45, 2.75) is 25.3 Å². The summed E-state index contributed by atoms with van der Waals surface area (Å²) in [5.74, 6) is 1.02. The number of fused-ring (bicyclic) bond motifs is 1. The Balaban J connectivity index is 1.57. The van der Waals surface area contributed by atoms with Gasteiger partial charge in [-0.1, -0.05) is 0 Å². The lowest BCUT2D eigenvalue weighted by molar-refractivity contribution is -0.131. The summed E-state index contributed by atoms with van der Waals surface area (Å²) in [6.45, 7) is 0.796. The number of H-pyrrole nitrogens is 1. The van der Waals surface area contributed by atoms with Crippen LogP contribution in [0, 0.1) is 0 Å². The molecule has 0 aliphatic carbocycles. The highest BCUT2D eigenvalue weighted by Gasteiger charge is 2.31. The van der Waals surface area contributed by atoms with Crippen molar-refractivity contribution in [1.29, 1.82) is 0 Å². The summed E-state index contributed by atoms with van der Waals surface area (Å²) in [5.41, 5.74) is 1.83. The third-order valence-corrected chi connectivity index (χ3v) is 4.32. The van der Waals surface area contributed by atoms with Gasteiger partial charge in [0.25, 0.3) is 0 Å². The molecule has 1 saturated heterocycles. The number of carbonyl (C=O) groups is 1. The van der Waals surface area contributed by atoms with E-state index in [4.69, 9.17) is 4.42 Å². The van der Waals surface area contributed by atoms with E-state index in [2.05, 4.69) is 9.97 Å². The van der Waals surface area contributed by atoms with Gasteiger partial charge in [0.2, 0.25) is 5.91 Å². The van der Waals surface area contributed by atoms with Crippen LogP contribution in [0.15, 0.2) is 47.3 Å². The van der Waals surface area contributed by atoms with E-state index in [1.165, 1.54) is 0 Å². The molecule has 1 amide bonds. The molecule has 5 nitrogen and oxygen atoms in total. The van der Waals surface area contributed by atoms with E-state index < -0.39 is 0 Å². The maximum Gasteiger partial charge on any atom is 0.227 e. The van der Waals surface area contributed by atoms with E-state index in [9.17, 15) is 4.79 Å². The zero-order valence-electron chi connectivity index (χ0n) is 12.2. The second kappa shape index (κ2) is 5.33. The number of aromatic amines is 1. The van der Waals surface area contributed by atoms with Crippen molar-refractivity contribution < 1.29 is 9.21 Å². The van der Waals surface area contributed by atoms with Crippen molar-refractivity contribution in [1.82, 2.24) is 14.9 Å². The molecular weight excluding hydrogens is 278 g/mol. The zero-order valence-corrected chi connectivity index (χ0v) is 12.2. The number of hydrogen-bond donors (Lipinski definition) is 1. The van der Waals surface area contributed by atoms with Crippen LogP contribution in [-0.4, -0.2) is 27.3 Å². The van der Waals surface area contributed by atoms with Gasteiger partial charge in [-0.05, 0) is 42.7 Å². The standard InChI is InChI=1S/C17H17N3O2/c21-16(10-12-11-19-17-13(12)4-1-7-18-17)20-8-2-5-14(20)15-6-3-9-22-15/h1,3-4,6-7,9,11,14H,2,5,8,10H2,(H,18,19). The summed E-state index contributed by atoms with van der Waals surface area (Å²) >= 11 is 0. The van der Waals surface area contributed by atoms with Crippen LogP contribution in [-0.2, 0) is 11.2 Å². The number of furan rings is 1. The van der Waals surface area contributed by atoms with E-state index in [1.54, 1.807) is 12.5 Å². The topological polar surface area (TPSA) is 62.1 Å². The number of amides is 1. The minimum Gasteiger partial charge on any atom is -0.467 e. The molecule has 0 saturated carbocycles. The van der Waals surface area contributed by atoms with Crippen molar-refractivity contribution >= 4 is 16.9 Å². The van der Waals surface area contributed by atoms with Crippen molar-refractivity contribution in [3.8, 4) is 0 Å². The highest BCUT2D eigenvalue weighted by atomic mass is 16.3. The fourth-order valence-corrected chi connectivity index (χ4v) is 3.27. The van der Waals surface area contributed by atoms with Gasteiger partial charge in [0.15, 0.2) is 0 Å². The average molecular weight is 295 g/mol. The van der Waals surface area contributed by atoms with Gasteiger partial charge in [-0.3, -0.25) is 4.79 Å². The Bertz CT molecular complexity index is 791. The van der Waals surface area contributed by atoms with Crippen LogP contribution in [0.4, 0.5) is 0 Å². The summed E-state index contributed by atoms with van der Waals surface area (Å²) in [7, 11) is 0. The zero-order chi connectivity index (χ0) is 14.9. The smallest absolute Gasteiger partial charge is 0.227 e. The normalized spacial score (nSPS) is 18.2. The summed E-state index contributed by atoms with van der Waals surface area (Å²) in [5, 5.41) is 1.02. The number of nitrogens with one attached hydrogen (secondary N) is 1. The van der Waals surface area contributed by atoms with Crippen LogP contribution >= 0.6 is 0 Å². The molecule has 0 spiro atoms. The summed E-state index contributed by atoms with van der Waals surface area (Å²) in [6, 6.07) is 7.79. The van der Waals surface area contributed by atoms with Crippen LogP contribution in [0.2, 0.25) is 0 Å². The third kappa shape index (κ3) is 2.19. The molecule has 0 bridgehead atoms. The van der Waals surface area contributed by atoms with Gasteiger partial charge >= 0.3 is 0 Å². The first kappa shape index (κ1) is 13.1. The minimum atomic E-state index is 0.0748. The number of carbonyl (C=O) groups excluding carboxylic acids is 1. The number of aromatic nitrogens is 2. The molecule has 1 atom stereocenters. The van der Waals surface area contributed by atoms with Crippen LogP contribution in [0.3, 0.4) is 0 Å². The Hall–Kier alpha value is -2.56. The van der Waals surface area contributed by atoms with E-state index in [-0.39, 0.29) is 11.9 Å². The predicted octanol–water partition coefficient (Wildman–Crippen LogP) is 3.06. The largest absolute Gasteiger partial charge is 0.467 e. The summed E-state index contributed by atoms with van der Waals surface area (Å²) in [4.78, 5) is 22.0. The Morgan fingerprint density at radius 1 is 1.41 bits per heavy atom. The lowest BCUT2D eigenvalue weighted by Crippen LogP contribution is -2.31. The summed E-state index contributed by atoms with van der Waals surface area (Å²) in [6.07, 6.45) is 7.68. The SMILES string of the molecule is O=C(Cc1c[nH]c2ncccc12)N1CCCC1c1ccco1. The third-order valence-electron chi connectivity index (χ3n) is 4.32. The molecule has 1 unspecified atom stereocenters.